The van der Waals surface area contributed by atoms with Crippen molar-refractivity contribution < 1.29 is 24.5 Å². The van der Waals surface area contributed by atoms with Gasteiger partial charge in [0, 0.05) is 13.1 Å². The van der Waals surface area contributed by atoms with E-state index in [2.05, 4.69) is 5.32 Å². The van der Waals surface area contributed by atoms with Gasteiger partial charge in [-0.05, 0) is 13.3 Å². The number of rotatable bonds is 4. The van der Waals surface area contributed by atoms with Gasteiger partial charge in [-0.15, -0.1) is 0 Å². The Morgan fingerprint density at radius 3 is 2.78 bits per heavy atom. The molecule has 104 valence electrons. The Hall–Kier alpha value is -1.34. The van der Waals surface area contributed by atoms with E-state index in [1.54, 1.807) is 4.90 Å². The van der Waals surface area contributed by atoms with Crippen LogP contribution in [0.25, 0.3) is 0 Å². The number of carbonyl (C=O) groups excluding carboxylic acids is 1. The number of nitrogens with one attached hydrogen (secondary N) is 1. The van der Waals surface area contributed by atoms with Crippen LogP contribution in [0.2, 0.25) is 0 Å². The number of hydrogen-bond donors (Lipinski definition) is 3. The molecule has 0 spiro atoms. The fourth-order valence-corrected chi connectivity index (χ4v) is 1.59. The van der Waals surface area contributed by atoms with Crippen molar-refractivity contribution in [2.24, 2.45) is 0 Å². The molecule has 1 fully saturated rings. The second-order valence-electron chi connectivity index (χ2n) is 4.58. The Kier molecular flexibility index (Phi) is 4.92. The van der Waals surface area contributed by atoms with Gasteiger partial charge >= 0.3 is 12.0 Å². The molecule has 7 nitrogen and oxygen atoms in total. The summed E-state index contributed by atoms with van der Waals surface area (Å²) >= 11 is 0. The van der Waals surface area contributed by atoms with Gasteiger partial charge in [-0.25, -0.2) is 9.59 Å². The second-order valence-corrected chi connectivity index (χ2v) is 4.58. The molecule has 0 saturated carbocycles. The first kappa shape index (κ1) is 14.7. The Balaban J connectivity index is 2.43. The van der Waals surface area contributed by atoms with Crippen molar-refractivity contribution in [3.63, 3.8) is 0 Å². The van der Waals surface area contributed by atoms with E-state index >= 15 is 0 Å². The zero-order valence-corrected chi connectivity index (χ0v) is 10.7. The number of ether oxygens (including phenoxy) is 1. The van der Waals surface area contributed by atoms with E-state index in [1.165, 1.54) is 0 Å². The van der Waals surface area contributed by atoms with E-state index in [1.807, 2.05) is 6.92 Å². The van der Waals surface area contributed by atoms with Crippen LogP contribution in [0.4, 0.5) is 4.79 Å². The number of carboxylic acids is 1. The molecule has 0 aromatic rings. The van der Waals surface area contributed by atoms with Crippen LogP contribution >= 0.6 is 0 Å². The molecule has 0 aromatic carbocycles. The van der Waals surface area contributed by atoms with Crippen LogP contribution in [0.15, 0.2) is 0 Å². The quantitative estimate of drug-likeness (QED) is 0.641. The number of morpholine rings is 1. The third-order valence-electron chi connectivity index (χ3n) is 2.93. The monoisotopic (exact) mass is 260 g/mol. The molecule has 1 aliphatic heterocycles. The van der Waals surface area contributed by atoms with Gasteiger partial charge in [0.2, 0.25) is 0 Å². The molecule has 1 aliphatic rings. The summed E-state index contributed by atoms with van der Waals surface area (Å²) in [6, 6.07) is -0.377. The fraction of sp³-hybridized carbons (Fsp3) is 0.818. The third-order valence-corrected chi connectivity index (χ3v) is 2.93. The van der Waals surface area contributed by atoms with E-state index in [9.17, 15) is 14.7 Å². The van der Waals surface area contributed by atoms with Gasteiger partial charge in [-0.2, -0.15) is 0 Å². The Morgan fingerprint density at radius 1 is 1.56 bits per heavy atom. The Labute approximate surface area is 106 Å². The number of aliphatic hydroxyl groups is 1. The molecule has 0 aromatic heterocycles. The summed E-state index contributed by atoms with van der Waals surface area (Å²) in [4.78, 5) is 24.0. The molecule has 0 radical (unpaired) electrons. The van der Waals surface area contributed by atoms with Crippen LogP contribution in [-0.2, 0) is 9.53 Å². The molecule has 2 atom stereocenters. The number of urea groups is 1. The summed E-state index contributed by atoms with van der Waals surface area (Å²) in [5.74, 6) is -1.36. The summed E-state index contributed by atoms with van der Waals surface area (Å²) in [5, 5.41) is 20.6. The zero-order valence-electron chi connectivity index (χ0n) is 10.7. The number of nitrogens with zero attached hydrogens (tertiary/aromatic N) is 1. The van der Waals surface area contributed by atoms with Crippen LogP contribution in [0.1, 0.15) is 20.3 Å². The molecule has 3 N–H and O–H groups in total. The SMILES string of the molecule is CCC1CN(C(=O)NCC(C)(O)C(=O)O)CCO1. The number of aliphatic carboxylic acids is 1. The normalized spacial score (nSPS) is 23.3. The fourth-order valence-electron chi connectivity index (χ4n) is 1.59. The number of carboxylic acid groups (broad SMARTS) is 1. The van der Waals surface area contributed by atoms with Gasteiger partial charge in [0.1, 0.15) is 0 Å². The highest BCUT2D eigenvalue weighted by Crippen LogP contribution is 2.08. The van der Waals surface area contributed by atoms with E-state index < -0.39 is 11.6 Å². The maximum Gasteiger partial charge on any atom is 0.337 e. The Bertz CT molecular complexity index is 319. The van der Waals surface area contributed by atoms with Gasteiger partial charge < -0.3 is 25.2 Å². The first-order valence-electron chi connectivity index (χ1n) is 5.97. The topological polar surface area (TPSA) is 99.1 Å². The zero-order chi connectivity index (χ0) is 13.8. The van der Waals surface area contributed by atoms with Crippen LogP contribution in [0.3, 0.4) is 0 Å². The molecule has 2 unspecified atom stereocenters. The first-order chi connectivity index (χ1) is 8.36. The lowest BCUT2D eigenvalue weighted by Crippen LogP contribution is -2.53. The molecule has 1 rings (SSSR count). The number of carbonyl (C=O) groups is 2. The predicted octanol–water partition coefficient (Wildman–Crippen LogP) is -0.358. The number of hydrogen-bond acceptors (Lipinski definition) is 4. The van der Waals surface area contributed by atoms with E-state index in [4.69, 9.17) is 9.84 Å². The molecule has 0 aliphatic carbocycles. The molecular formula is C11H20N2O5. The average molecular weight is 260 g/mol. The maximum absolute atomic E-state index is 11.8. The standard InChI is InChI=1S/C11H20N2O5/c1-3-8-6-13(4-5-18-8)10(16)12-7-11(2,17)9(14)15/h8,17H,3-7H2,1-2H3,(H,12,16)(H,14,15). The summed E-state index contributed by atoms with van der Waals surface area (Å²) < 4.78 is 5.43. The van der Waals surface area contributed by atoms with E-state index in [0.29, 0.717) is 19.7 Å². The van der Waals surface area contributed by atoms with Crippen molar-refractivity contribution in [3.05, 3.63) is 0 Å². The minimum absolute atomic E-state index is 0.0180. The van der Waals surface area contributed by atoms with Crippen molar-refractivity contribution in [1.29, 1.82) is 0 Å². The van der Waals surface area contributed by atoms with Gasteiger partial charge in [0.15, 0.2) is 5.60 Å². The molecule has 1 heterocycles. The highest BCUT2D eigenvalue weighted by atomic mass is 16.5. The van der Waals surface area contributed by atoms with Gasteiger partial charge in [0.05, 0.1) is 19.3 Å². The molecule has 2 amide bonds. The highest BCUT2D eigenvalue weighted by molar-refractivity contribution is 5.79. The lowest BCUT2D eigenvalue weighted by atomic mass is 10.1. The average Bonchev–Trinajstić information content (AvgIpc) is 2.36. The maximum atomic E-state index is 11.8. The van der Waals surface area contributed by atoms with Crippen molar-refractivity contribution in [2.75, 3.05) is 26.2 Å². The van der Waals surface area contributed by atoms with Gasteiger partial charge in [-0.1, -0.05) is 6.92 Å². The largest absolute Gasteiger partial charge is 0.479 e. The second kappa shape index (κ2) is 6.01. The van der Waals surface area contributed by atoms with Crippen molar-refractivity contribution in [3.8, 4) is 0 Å². The minimum Gasteiger partial charge on any atom is -0.479 e. The van der Waals surface area contributed by atoms with E-state index in [0.717, 1.165) is 13.3 Å². The van der Waals surface area contributed by atoms with Crippen LogP contribution in [0, 0.1) is 0 Å². The van der Waals surface area contributed by atoms with Crippen LogP contribution < -0.4 is 5.32 Å². The smallest absolute Gasteiger partial charge is 0.337 e. The Morgan fingerprint density at radius 2 is 2.22 bits per heavy atom. The van der Waals surface area contributed by atoms with Crippen molar-refractivity contribution >= 4 is 12.0 Å². The molecule has 1 saturated heterocycles. The molecule has 7 heteroatoms. The lowest BCUT2D eigenvalue weighted by molar-refractivity contribution is -0.155. The summed E-state index contributed by atoms with van der Waals surface area (Å²) in [7, 11) is 0. The number of amides is 2. The predicted molar refractivity (Wildman–Crippen MR) is 63.3 cm³/mol. The van der Waals surface area contributed by atoms with Gasteiger partial charge in [-0.3, -0.25) is 0 Å². The van der Waals surface area contributed by atoms with E-state index in [-0.39, 0.29) is 18.7 Å². The van der Waals surface area contributed by atoms with Crippen molar-refractivity contribution in [1.82, 2.24) is 10.2 Å². The molecular weight excluding hydrogens is 240 g/mol. The molecule has 18 heavy (non-hydrogen) atoms. The van der Waals surface area contributed by atoms with Gasteiger partial charge in [0.25, 0.3) is 0 Å². The minimum atomic E-state index is -1.95. The highest BCUT2D eigenvalue weighted by Gasteiger charge is 2.31. The summed E-state index contributed by atoms with van der Waals surface area (Å²) in [6.45, 7) is 4.22. The van der Waals surface area contributed by atoms with Crippen LogP contribution in [-0.4, -0.2) is 65.1 Å². The third kappa shape index (κ3) is 3.85. The van der Waals surface area contributed by atoms with Crippen molar-refractivity contribution in [2.45, 2.75) is 32.0 Å². The van der Waals surface area contributed by atoms with Crippen LogP contribution in [0.5, 0.6) is 0 Å². The lowest BCUT2D eigenvalue weighted by Gasteiger charge is -2.33. The molecule has 0 bridgehead atoms. The summed E-state index contributed by atoms with van der Waals surface area (Å²) in [5.41, 5.74) is -1.95. The first-order valence-corrected chi connectivity index (χ1v) is 5.97. The summed E-state index contributed by atoms with van der Waals surface area (Å²) in [6.07, 6.45) is 0.834.